The lowest BCUT2D eigenvalue weighted by molar-refractivity contribution is 0.487. The highest BCUT2D eigenvalue weighted by atomic mass is 79.9. The van der Waals surface area contributed by atoms with Gasteiger partial charge in [0.1, 0.15) is 6.67 Å². The van der Waals surface area contributed by atoms with Crippen LogP contribution in [0.25, 0.3) is 10.9 Å². The van der Waals surface area contributed by atoms with Crippen molar-refractivity contribution in [3.8, 4) is 0 Å². The van der Waals surface area contributed by atoms with Crippen LogP contribution < -0.4 is 0 Å². The second kappa shape index (κ2) is 3.14. The fourth-order valence-corrected chi connectivity index (χ4v) is 1.90. The standard InChI is InChI=1S/C10H9BrFN/c1-13-6-7(5-12)9-3-2-8(11)4-10(9)13/h2-4,6H,5H2,1H3. The molecule has 68 valence electrons. The molecule has 1 heterocycles. The zero-order valence-corrected chi connectivity index (χ0v) is 8.81. The molecule has 0 aliphatic heterocycles. The van der Waals surface area contributed by atoms with Crippen molar-refractivity contribution in [1.29, 1.82) is 0 Å². The summed E-state index contributed by atoms with van der Waals surface area (Å²) in [6.45, 7) is -0.404. The lowest BCUT2D eigenvalue weighted by atomic mass is 10.2. The quantitative estimate of drug-likeness (QED) is 0.722. The van der Waals surface area contributed by atoms with Gasteiger partial charge in [0.25, 0.3) is 0 Å². The Morgan fingerprint density at radius 3 is 2.92 bits per heavy atom. The second-order valence-corrected chi connectivity index (χ2v) is 3.98. The Bertz CT molecular complexity index is 447. The van der Waals surface area contributed by atoms with Crippen LogP contribution in [0.3, 0.4) is 0 Å². The summed E-state index contributed by atoms with van der Waals surface area (Å²) in [7, 11) is 1.92. The van der Waals surface area contributed by atoms with Crippen LogP contribution in [0.4, 0.5) is 4.39 Å². The van der Waals surface area contributed by atoms with Gasteiger partial charge in [-0.3, -0.25) is 0 Å². The molecular weight excluding hydrogens is 233 g/mol. The monoisotopic (exact) mass is 241 g/mol. The van der Waals surface area contributed by atoms with E-state index in [0.717, 1.165) is 20.9 Å². The van der Waals surface area contributed by atoms with Crippen LogP contribution in [0.2, 0.25) is 0 Å². The van der Waals surface area contributed by atoms with Gasteiger partial charge >= 0.3 is 0 Å². The minimum atomic E-state index is -0.404. The molecule has 0 saturated carbocycles. The van der Waals surface area contributed by atoms with Crippen LogP contribution in [0.15, 0.2) is 28.9 Å². The Kier molecular flexibility index (Phi) is 2.12. The average Bonchev–Trinajstić information content (AvgIpc) is 2.43. The summed E-state index contributed by atoms with van der Waals surface area (Å²) in [5.41, 5.74) is 1.81. The summed E-state index contributed by atoms with van der Waals surface area (Å²) in [4.78, 5) is 0. The van der Waals surface area contributed by atoms with E-state index in [2.05, 4.69) is 15.9 Å². The maximum atomic E-state index is 12.5. The van der Waals surface area contributed by atoms with E-state index in [1.165, 1.54) is 0 Å². The van der Waals surface area contributed by atoms with Crippen LogP contribution in [-0.2, 0) is 13.7 Å². The third-order valence-corrected chi connectivity index (χ3v) is 2.67. The highest BCUT2D eigenvalue weighted by molar-refractivity contribution is 9.10. The van der Waals surface area contributed by atoms with Gasteiger partial charge in [0, 0.05) is 34.2 Å². The van der Waals surface area contributed by atoms with Crippen molar-refractivity contribution in [1.82, 2.24) is 4.57 Å². The predicted molar refractivity (Wildman–Crippen MR) is 55.4 cm³/mol. The molecule has 0 aliphatic carbocycles. The number of nitrogens with zero attached hydrogens (tertiary/aromatic N) is 1. The van der Waals surface area contributed by atoms with Gasteiger partial charge in [0.05, 0.1) is 0 Å². The number of aryl methyl sites for hydroxylation is 1. The molecule has 0 aliphatic rings. The number of hydrogen-bond acceptors (Lipinski definition) is 0. The first-order chi connectivity index (χ1) is 6.22. The third kappa shape index (κ3) is 1.37. The Labute approximate surface area is 84.3 Å². The maximum absolute atomic E-state index is 12.5. The predicted octanol–water partition coefficient (Wildman–Crippen LogP) is 3.41. The first-order valence-electron chi connectivity index (χ1n) is 4.02. The summed E-state index contributed by atoms with van der Waals surface area (Å²) in [5.74, 6) is 0. The first-order valence-corrected chi connectivity index (χ1v) is 4.81. The molecule has 0 atom stereocenters. The van der Waals surface area contributed by atoms with Gasteiger partial charge in [-0.2, -0.15) is 0 Å². The molecule has 0 saturated heterocycles. The van der Waals surface area contributed by atoms with Crippen LogP contribution in [0.5, 0.6) is 0 Å². The zero-order valence-electron chi connectivity index (χ0n) is 7.22. The smallest absolute Gasteiger partial charge is 0.117 e. The molecule has 0 radical (unpaired) electrons. The van der Waals surface area contributed by atoms with Crippen LogP contribution in [0.1, 0.15) is 5.56 Å². The van der Waals surface area contributed by atoms with E-state index in [0.29, 0.717) is 0 Å². The van der Waals surface area contributed by atoms with Crippen molar-refractivity contribution in [2.75, 3.05) is 0 Å². The van der Waals surface area contributed by atoms with Gasteiger partial charge in [0.15, 0.2) is 0 Å². The lowest BCUT2D eigenvalue weighted by Gasteiger charge is -1.96. The molecule has 2 aromatic rings. The van der Waals surface area contributed by atoms with Crippen LogP contribution >= 0.6 is 15.9 Å². The number of hydrogen-bond donors (Lipinski definition) is 0. The zero-order chi connectivity index (χ0) is 9.42. The SMILES string of the molecule is Cn1cc(CF)c2ccc(Br)cc21. The van der Waals surface area contributed by atoms with Crippen molar-refractivity contribution < 1.29 is 4.39 Å². The molecule has 2 rings (SSSR count). The lowest BCUT2D eigenvalue weighted by Crippen LogP contribution is -1.82. The van der Waals surface area contributed by atoms with Crippen LogP contribution in [0, 0.1) is 0 Å². The van der Waals surface area contributed by atoms with E-state index in [9.17, 15) is 4.39 Å². The fourth-order valence-electron chi connectivity index (χ4n) is 1.55. The summed E-state index contributed by atoms with van der Waals surface area (Å²) < 4.78 is 15.5. The van der Waals surface area contributed by atoms with E-state index in [1.807, 2.05) is 36.0 Å². The van der Waals surface area contributed by atoms with E-state index in [4.69, 9.17) is 0 Å². The number of fused-ring (bicyclic) bond motifs is 1. The molecule has 0 fully saturated rings. The average molecular weight is 242 g/mol. The molecule has 0 spiro atoms. The van der Waals surface area contributed by atoms with Crippen LogP contribution in [-0.4, -0.2) is 4.57 Å². The van der Waals surface area contributed by atoms with E-state index >= 15 is 0 Å². The Hall–Kier alpha value is -0.830. The highest BCUT2D eigenvalue weighted by Gasteiger charge is 2.05. The van der Waals surface area contributed by atoms with E-state index < -0.39 is 6.67 Å². The van der Waals surface area contributed by atoms with Gasteiger partial charge in [-0.25, -0.2) is 4.39 Å². The van der Waals surface area contributed by atoms with E-state index in [1.54, 1.807) is 0 Å². The van der Waals surface area contributed by atoms with Crippen molar-refractivity contribution in [3.63, 3.8) is 0 Å². The molecule has 0 unspecified atom stereocenters. The summed E-state index contributed by atoms with van der Waals surface area (Å²) in [6.07, 6.45) is 1.83. The topological polar surface area (TPSA) is 4.93 Å². The molecule has 0 N–H and O–H groups in total. The minimum Gasteiger partial charge on any atom is -0.350 e. The Balaban J connectivity index is 2.80. The molecule has 3 heteroatoms. The largest absolute Gasteiger partial charge is 0.350 e. The van der Waals surface area contributed by atoms with E-state index in [-0.39, 0.29) is 0 Å². The minimum absolute atomic E-state index is 0.404. The summed E-state index contributed by atoms with van der Waals surface area (Å²) in [5, 5.41) is 0.994. The van der Waals surface area contributed by atoms with Crippen molar-refractivity contribution in [3.05, 3.63) is 34.4 Å². The number of aromatic nitrogens is 1. The number of halogens is 2. The number of rotatable bonds is 1. The third-order valence-electron chi connectivity index (χ3n) is 2.18. The highest BCUT2D eigenvalue weighted by Crippen LogP contribution is 2.24. The van der Waals surface area contributed by atoms with Gasteiger partial charge in [-0.1, -0.05) is 22.0 Å². The summed E-state index contributed by atoms with van der Waals surface area (Å²) >= 11 is 3.39. The maximum Gasteiger partial charge on any atom is 0.117 e. The molecule has 13 heavy (non-hydrogen) atoms. The van der Waals surface area contributed by atoms with Crippen molar-refractivity contribution >= 4 is 26.8 Å². The molecule has 1 aromatic heterocycles. The number of alkyl halides is 1. The van der Waals surface area contributed by atoms with Gasteiger partial charge in [-0.05, 0) is 12.1 Å². The summed E-state index contributed by atoms with van der Waals surface area (Å²) in [6, 6.07) is 5.87. The normalized spacial score (nSPS) is 11.0. The second-order valence-electron chi connectivity index (χ2n) is 3.06. The molecular formula is C10H9BrFN. The van der Waals surface area contributed by atoms with Gasteiger partial charge < -0.3 is 4.57 Å². The number of benzene rings is 1. The molecule has 1 nitrogen and oxygen atoms in total. The van der Waals surface area contributed by atoms with Gasteiger partial charge in [-0.15, -0.1) is 0 Å². The van der Waals surface area contributed by atoms with Crippen molar-refractivity contribution in [2.45, 2.75) is 6.67 Å². The Morgan fingerprint density at radius 1 is 1.46 bits per heavy atom. The first kappa shape index (κ1) is 8.75. The molecule has 0 amide bonds. The molecule has 0 bridgehead atoms. The van der Waals surface area contributed by atoms with Crippen molar-refractivity contribution in [2.24, 2.45) is 7.05 Å². The van der Waals surface area contributed by atoms with Gasteiger partial charge in [0.2, 0.25) is 0 Å². The Morgan fingerprint density at radius 2 is 2.23 bits per heavy atom. The molecule has 1 aromatic carbocycles. The fraction of sp³-hybridized carbons (Fsp3) is 0.200.